The first-order chi connectivity index (χ1) is 10.2. The highest BCUT2D eigenvalue weighted by Gasteiger charge is 2.13. The molecule has 118 valence electrons. The molecular weight excluding hydrogens is 270 g/mol. The van der Waals surface area contributed by atoms with Crippen molar-refractivity contribution in [1.29, 1.82) is 0 Å². The summed E-state index contributed by atoms with van der Waals surface area (Å²) in [6.07, 6.45) is 2.67. The van der Waals surface area contributed by atoms with E-state index in [2.05, 4.69) is 32.5 Å². The normalized spacial score (nSPS) is 17.0. The van der Waals surface area contributed by atoms with Gasteiger partial charge in [0, 0.05) is 39.3 Å². The lowest BCUT2D eigenvalue weighted by Gasteiger charge is -2.32. The molecule has 0 saturated carbocycles. The number of nitrogens with zero attached hydrogens (tertiary/aromatic N) is 5. The summed E-state index contributed by atoms with van der Waals surface area (Å²) in [5.41, 5.74) is 6.14. The van der Waals surface area contributed by atoms with Gasteiger partial charge in [-0.1, -0.05) is 5.21 Å². The third-order valence-electron chi connectivity index (χ3n) is 3.67. The maximum absolute atomic E-state index is 11.8. The van der Waals surface area contributed by atoms with Crippen LogP contribution in [0.2, 0.25) is 0 Å². The van der Waals surface area contributed by atoms with Crippen LogP contribution in [-0.4, -0.2) is 77.0 Å². The molecule has 1 saturated heterocycles. The van der Waals surface area contributed by atoms with E-state index in [1.54, 1.807) is 6.20 Å². The maximum atomic E-state index is 11.8. The van der Waals surface area contributed by atoms with Crippen LogP contribution >= 0.6 is 0 Å². The number of aromatic nitrogens is 3. The maximum Gasteiger partial charge on any atom is 0.241 e. The zero-order chi connectivity index (χ0) is 15.1. The van der Waals surface area contributed by atoms with Gasteiger partial charge in [0.15, 0.2) is 0 Å². The molecule has 21 heavy (non-hydrogen) atoms. The summed E-state index contributed by atoms with van der Waals surface area (Å²) < 4.78 is 1.51. The average molecular weight is 295 g/mol. The lowest BCUT2D eigenvalue weighted by Crippen LogP contribution is -2.45. The Labute approximate surface area is 125 Å². The minimum Gasteiger partial charge on any atom is -0.354 e. The lowest BCUT2D eigenvalue weighted by atomic mass is 10.3. The Morgan fingerprint density at radius 2 is 2.14 bits per heavy atom. The Balaban J connectivity index is 1.57. The van der Waals surface area contributed by atoms with Crippen LogP contribution in [0.3, 0.4) is 0 Å². The quantitative estimate of drug-likeness (QED) is 0.594. The predicted octanol–water partition coefficient (Wildman–Crippen LogP) is -1.51. The molecule has 0 unspecified atom stereocenters. The molecule has 8 nitrogen and oxygen atoms in total. The average Bonchev–Trinajstić information content (AvgIpc) is 2.93. The van der Waals surface area contributed by atoms with Gasteiger partial charge in [-0.15, -0.1) is 5.10 Å². The van der Waals surface area contributed by atoms with Crippen molar-refractivity contribution < 1.29 is 4.79 Å². The fourth-order valence-corrected chi connectivity index (χ4v) is 2.31. The Kier molecular flexibility index (Phi) is 6.09. The van der Waals surface area contributed by atoms with Crippen LogP contribution in [0.1, 0.15) is 12.1 Å². The van der Waals surface area contributed by atoms with E-state index < -0.39 is 0 Å². The molecule has 0 aromatic carbocycles. The molecule has 1 aliphatic rings. The number of piperazine rings is 1. The summed E-state index contributed by atoms with van der Waals surface area (Å²) in [5, 5.41) is 10.6. The number of amides is 1. The molecule has 2 rings (SSSR count). The Morgan fingerprint density at radius 1 is 1.38 bits per heavy atom. The highest BCUT2D eigenvalue weighted by Crippen LogP contribution is 1.99. The molecule has 0 atom stereocenters. The predicted molar refractivity (Wildman–Crippen MR) is 79.5 cm³/mol. The van der Waals surface area contributed by atoms with Gasteiger partial charge >= 0.3 is 0 Å². The minimum atomic E-state index is -0.0400. The molecular formula is C13H25N7O. The number of nitrogens with two attached hydrogens (primary N) is 1. The second-order valence-corrected chi connectivity index (χ2v) is 5.46. The van der Waals surface area contributed by atoms with E-state index in [0.29, 0.717) is 18.8 Å². The molecule has 1 aromatic heterocycles. The van der Waals surface area contributed by atoms with Gasteiger partial charge < -0.3 is 20.9 Å². The summed E-state index contributed by atoms with van der Waals surface area (Å²) in [7, 11) is 2.15. The Morgan fingerprint density at radius 3 is 2.81 bits per heavy atom. The fourth-order valence-electron chi connectivity index (χ4n) is 2.31. The molecule has 8 heteroatoms. The molecule has 0 radical (unpaired) electrons. The summed E-state index contributed by atoms with van der Waals surface area (Å²) in [6, 6.07) is 0. The first-order valence-corrected chi connectivity index (χ1v) is 7.44. The number of rotatable bonds is 7. The Hall–Kier alpha value is -1.51. The van der Waals surface area contributed by atoms with Crippen LogP contribution in [0.25, 0.3) is 0 Å². The molecule has 3 N–H and O–H groups in total. The molecule has 1 fully saturated rings. The molecule has 0 aliphatic carbocycles. The van der Waals surface area contributed by atoms with E-state index in [9.17, 15) is 4.79 Å². The minimum absolute atomic E-state index is 0.0400. The summed E-state index contributed by atoms with van der Waals surface area (Å²) in [6.45, 7) is 6.76. The molecule has 0 spiro atoms. The first kappa shape index (κ1) is 15.9. The van der Waals surface area contributed by atoms with Gasteiger partial charge in [0.2, 0.25) is 5.91 Å². The van der Waals surface area contributed by atoms with Gasteiger partial charge in [-0.05, 0) is 20.0 Å². The van der Waals surface area contributed by atoms with E-state index in [4.69, 9.17) is 5.73 Å². The zero-order valence-electron chi connectivity index (χ0n) is 12.7. The summed E-state index contributed by atoms with van der Waals surface area (Å²) in [5.74, 6) is -0.0400. The molecule has 1 aromatic rings. The van der Waals surface area contributed by atoms with E-state index in [1.165, 1.54) is 4.68 Å². The fraction of sp³-hybridized carbons (Fsp3) is 0.769. The van der Waals surface area contributed by atoms with Crippen molar-refractivity contribution >= 4 is 5.91 Å². The van der Waals surface area contributed by atoms with Crippen molar-refractivity contribution in [1.82, 2.24) is 30.1 Å². The number of carbonyl (C=O) groups is 1. The summed E-state index contributed by atoms with van der Waals surface area (Å²) in [4.78, 5) is 16.5. The number of likely N-dealkylation sites (N-methyl/N-ethyl adjacent to an activating group) is 1. The van der Waals surface area contributed by atoms with Gasteiger partial charge in [-0.25, -0.2) is 4.68 Å². The smallest absolute Gasteiger partial charge is 0.241 e. The van der Waals surface area contributed by atoms with Crippen molar-refractivity contribution in [3.63, 3.8) is 0 Å². The topological polar surface area (TPSA) is 92.3 Å². The van der Waals surface area contributed by atoms with E-state index in [1.807, 2.05) is 0 Å². The number of hydrogen-bond donors (Lipinski definition) is 2. The van der Waals surface area contributed by atoms with E-state index in [0.717, 1.165) is 39.1 Å². The van der Waals surface area contributed by atoms with Gasteiger partial charge in [0.1, 0.15) is 6.54 Å². The van der Waals surface area contributed by atoms with Crippen LogP contribution in [0.4, 0.5) is 0 Å². The monoisotopic (exact) mass is 295 g/mol. The molecule has 0 bridgehead atoms. The largest absolute Gasteiger partial charge is 0.354 e. The van der Waals surface area contributed by atoms with Gasteiger partial charge in [-0.2, -0.15) is 0 Å². The number of carbonyl (C=O) groups excluding carboxylic acids is 1. The van der Waals surface area contributed by atoms with Gasteiger partial charge in [-0.3, -0.25) is 4.79 Å². The van der Waals surface area contributed by atoms with E-state index in [-0.39, 0.29) is 12.5 Å². The van der Waals surface area contributed by atoms with Crippen molar-refractivity contribution in [3.05, 3.63) is 11.9 Å². The van der Waals surface area contributed by atoms with E-state index >= 15 is 0 Å². The van der Waals surface area contributed by atoms with Gasteiger partial charge in [0.05, 0.1) is 11.9 Å². The van der Waals surface area contributed by atoms with Crippen LogP contribution in [0, 0.1) is 0 Å². The molecule has 1 amide bonds. The second kappa shape index (κ2) is 8.06. The number of nitrogens with one attached hydrogen (secondary N) is 1. The summed E-state index contributed by atoms with van der Waals surface area (Å²) >= 11 is 0. The van der Waals surface area contributed by atoms with Crippen LogP contribution in [0.15, 0.2) is 6.20 Å². The first-order valence-electron chi connectivity index (χ1n) is 7.44. The van der Waals surface area contributed by atoms with Crippen molar-refractivity contribution in [2.24, 2.45) is 5.73 Å². The van der Waals surface area contributed by atoms with Crippen molar-refractivity contribution in [2.75, 3.05) is 46.3 Å². The third kappa shape index (κ3) is 5.41. The van der Waals surface area contributed by atoms with Gasteiger partial charge in [0.25, 0.3) is 0 Å². The van der Waals surface area contributed by atoms with Crippen LogP contribution in [-0.2, 0) is 17.9 Å². The Bertz CT molecular complexity index is 439. The van der Waals surface area contributed by atoms with Crippen molar-refractivity contribution in [2.45, 2.75) is 19.5 Å². The zero-order valence-corrected chi connectivity index (χ0v) is 12.7. The molecule has 1 aliphatic heterocycles. The van der Waals surface area contributed by atoms with Crippen LogP contribution in [0.5, 0.6) is 0 Å². The standard InChI is InChI=1S/C13H25N7O/c1-18-5-7-19(8-6-18)4-2-3-15-13(21)11-20-10-12(9-14)16-17-20/h10H,2-9,11,14H2,1H3,(H,15,21). The SMILES string of the molecule is CN1CCN(CCCNC(=O)Cn2cc(CN)nn2)CC1. The highest BCUT2D eigenvalue weighted by molar-refractivity contribution is 5.75. The third-order valence-corrected chi connectivity index (χ3v) is 3.67. The highest BCUT2D eigenvalue weighted by atomic mass is 16.2. The molecule has 2 heterocycles. The second-order valence-electron chi connectivity index (χ2n) is 5.46. The number of hydrogen-bond acceptors (Lipinski definition) is 6. The van der Waals surface area contributed by atoms with Crippen LogP contribution < -0.4 is 11.1 Å². The lowest BCUT2D eigenvalue weighted by molar-refractivity contribution is -0.121. The van der Waals surface area contributed by atoms with Crippen molar-refractivity contribution in [3.8, 4) is 0 Å².